The lowest BCUT2D eigenvalue weighted by molar-refractivity contribution is -0.385. The Balaban J connectivity index is 1.42. The van der Waals surface area contributed by atoms with Crippen molar-refractivity contribution in [1.29, 1.82) is 0 Å². The molecule has 0 bridgehead atoms. The van der Waals surface area contributed by atoms with Gasteiger partial charge in [0, 0.05) is 46.0 Å². The largest absolute Gasteiger partial charge is 0.489 e. The summed E-state index contributed by atoms with van der Waals surface area (Å²) in [6.07, 6.45) is 2.55. The maximum absolute atomic E-state index is 13.5. The number of non-ortho nitro benzene ring substituents is 1. The van der Waals surface area contributed by atoms with Gasteiger partial charge in [-0.05, 0) is 47.4 Å². The van der Waals surface area contributed by atoms with E-state index in [1.165, 1.54) is 12.1 Å². The Morgan fingerprint density at radius 1 is 1.15 bits per heavy atom. The first-order valence-electron chi connectivity index (χ1n) is 10.8. The number of aryl methyl sites for hydroxylation is 1. The molecule has 2 atom stereocenters. The zero-order chi connectivity index (χ0) is 23.8. The minimum atomic E-state index is -0.436. The molecule has 2 aliphatic heterocycles. The predicted octanol–water partition coefficient (Wildman–Crippen LogP) is 5.08. The maximum atomic E-state index is 13.5. The number of benzene rings is 3. The summed E-state index contributed by atoms with van der Waals surface area (Å²) >= 11 is 0. The maximum Gasteiger partial charge on any atom is 0.270 e. The second-order valence-corrected chi connectivity index (χ2v) is 8.69. The number of hydrogen-bond acceptors (Lipinski definition) is 6. The van der Waals surface area contributed by atoms with E-state index < -0.39 is 4.92 Å². The molecule has 8 nitrogen and oxygen atoms in total. The van der Waals surface area contributed by atoms with Crippen LogP contribution in [-0.2, 0) is 24.2 Å². The fourth-order valence-electron chi connectivity index (χ4n) is 4.47. The van der Waals surface area contributed by atoms with Crippen LogP contribution in [0.1, 0.15) is 32.6 Å². The number of nitro groups is 1. The monoisotopic (exact) mass is 475 g/mol. The Labute approximate surface area is 198 Å². The van der Waals surface area contributed by atoms with Crippen molar-refractivity contribution in [2.75, 3.05) is 4.90 Å². The average molecular weight is 475 g/mol. The number of fused-ring (bicyclic) bond motifs is 4. The number of aliphatic imine (C=N–C) groups is 1. The van der Waals surface area contributed by atoms with Crippen molar-refractivity contribution in [3.8, 4) is 5.75 Å². The molecule has 0 radical (unpaired) electrons. The zero-order valence-corrected chi connectivity index (χ0v) is 19.6. The molecule has 2 aliphatic rings. The van der Waals surface area contributed by atoms with Gasteiger partial charge in [-0.2, -0.15) is 0 Å². The van der Waals surface area contributed by atoms with Crippen molar-refractivity contribution in [2.24, 2.45) is 4.99 Å². The summed E-state index contributed by atoms with van der Waals surface area (Å²) in [4.78, 5) is 30.7. The number of nitrogens with zero attached hydrogens (tertiary/aromatic N) is 3. The molecule has 2 heterocycles. The van der Waals surface area contributed by atoms with E-state index in [2.05, 4.69) is 14.5 Å². The molecule has 0 aliphatic carbocycles. The molecular weight excluding hydrogens is 453 g/mol. The predicted molar refractivity (Wildman–Crippen MR) is 132 cm³/mol. The van der Waals surface area contributed by atoms with E-state index >= 15 is 0 Å². The van der Waals surface area contributed by atoms with E-state index in [-0.39, 0.29) is 30.9 Å². The van der Waals surface area contributed by atoms with Crippen LogP contribution >= 0.6 is 9.47 Å². The molecule has 9 heteroatoms. The van der Waals surface area contributed by atoms with Gasteiger partial charge in [0.15, 0.2) is 0 Å². The summed E-state index contributed by atoms with van der Waals surface area (Å²) in [5.74, 6) is 0.486. The lowest BCUT2D eigenvalue weighted by atomic mass is 10.1. The normalized spacial score (nSPS) is 16.0. The Hall–Kier alpha value is -3.61. The molecule has 0 fully saturated rings. The number of ether oxygens (including phenoxy) is 1. The van der Waals surface area contributed by atoms with Crippen LogP contribution in [0.3, 0.4) is 0 Å². The molecule has 0 spiro atoms. The highest BCUT2D eigenvalue weighted by molar-refractivity contribution is 7.09. The molecule has 3 aromatic rings. The molecule has 5 rings (SSSR count). The highest BCUT2D eigenvalue weighted by atomic mass is 31.0. The third kappa shape index (κ3) is 4.06. The van der Waals surface area contributed by atoms with Gasteiger partial charge in [-0.15, -0.1) is 0 Å². The van der Waals surface area contributed by atoms with Gasteiger partial charge in [0.2, 0.25) is 0 Å². The van der Waals surface area contributed by atoms with Crippen molar-refractivity contribution in [3.63, 3.8) is 0 Å². The molecule has 0 saturated heterocycles. The van der Waals surface area contributed by atoms with Crippen LogP contribution in [0.5, 0.6) is 5.75 Å². The number of nitro benzene ring substituents is 1. The molecule has 1 unspecified atom stereocenters. The number of carbonyl (C=O) groups is 1. The topological polar surface area (TPSA) is 94.3 Å². The summed E-state index contributed by atoms with van der Waals surface area (Å²) in [5.41, 5.74) is 5.22. The highest BCUT2D eigenvalue weighted by Gasteiger charge is 2.36. The van der Waals surface area contributed by atoms with Gasteiger partial charge in [0.25, 0.3) is 11.6 Å². The Kier molecular flexibility index (Phi) is 5.86. The lowest BCUT2D eigenvalue weighted by Crippen LogP contribution is -2.37. The molecular formula is C25H22N3O5P. The standard InChI is InChI=1S/C25H22N3O5P/c1-15-6-21-22(26-12-20-10-18-4-2-3-5-23(18)27(20)25(21)29)11-24(15)32-13-16-7-17(14-33-34)9-19(8-16)28(30)31/h2-9,11-12,20H,10,13-14,34H2,1H3/t20-/m0/s1. The smallest absolute Gasteiger partial charge is 0.270 e. The van der Waals surface area contributed by atoms with Crippen LogP contribution < -0.4 is 9.64 Å². The molecule has 1 amide bonds. The summed E-state index contributed by atoms with van der Waals surface area (Å²) in [6.45, 7) is 2.23. The van der Waals surface area contributed by atoms with Crippen molar-refractivity contribution in [3.05, 3.63) is 92.5 Å². The van der Waals surface area contributed by atoms with E-state index in [9.17, 15) is 14.9 Å². The first-order valence-corrected chi connectivity index (χ1v) is 11.2. The number of anilines is 1. The van der Waals surface area contributed by atoms with Crippen LogP contribution in [0, 0.1) is 17.0 Å². The first kappa shape index (κ1) is 22.2. The zero-order valence-electron chi connectivity index (χ0n) is 18.4. The van der Waals surface area contributed by atoms with Crippen LogP contribution in [-0.4, -0.2) is 23.1 Å². The third-order valence-electron chi connectivity index (χ3n) is 6.03. The quantitative estimate of drug-likeness (QED) is 0.282. The van der Waals surface area contributed by atoms with Crippen LogP contribution in [0.4, 0.5) is 17.1 Å². The van der Waals surface area contributed by atoms with Crippen molar-refractivity contribution >= 4 is 38.7 Å². The SMILES string of the molecule is Cc1cc2c(cc1OCc1cc(COP)cc([N+](=O)[O-])c1)N=C[C@@H]1Cc3ccccc3N1C2=O. The average Bonchev–Trinajstić information content (AvgIpc) is 3.14. The minimum Gasteiger partial charge on any atom is -0.489 e. The lowest BCUT2D eigenvalue weighted by Gasteiger charge is -2.22. The molecule has 0 saturated carbocycles. The summed E-state index contributed by atoms with van der Waals surface area (Å²) in [7, 11) is 2.14. The summed E-state index contributed by atoms with van der Waals surface area (Å²) in [5, 5.41) is 11.3. The van der Waals surface area contributed by atoms with Gasteiger partial charge in [0.05, 0.1) is 28.8 Å². The highest BCUT2D eigenvalue weighted by Crippen LogP contribution is 2.38. The number of rotatable bonds is 6. The molecule has 172 valence electrons. The van der Waals surface area contributed by atoms with Crippen LogP contribution in [0.15, 0.2) is 59.6 Å². The summed E-state index contributed by atoms with van der Waals surface area (Å²) in [6, 6.07) is 16.1. The number of amides is 1. The van der Waals surface area contributed by atoms with Gasteiger partial charge >= 0.3 is 0 Å². The van der Waals surface area contributed by atoms with Gasteiger partial charge in [-0.3, -0.25) is 24.8 Å². The fraction of sp³-hybridized carbons (Fsp3) is 0.200. The van der Waals surface area contributed by atoms with E-state index in [0.717, 1.165) is 23.2 Å². The fourth-order valence-corrected chi connectivity index (χ4v) is 4.67. The Bertz CT molecular complexity index is 1340. The van der Waals surface area contributed by atoms with Crippen molar-refractivity contribution in [1.82, 2.24) is 0 Å². The summed E-state index contributed by atoms with van der Waals surface area (Å²) < 4.78 is 11.1. The van der Waals surface area contributed by atoms with Gasteiger partial charge in [-0.1, -0.05) is 18.2 Å². The van der Waals surface area contributed by atoms with Crippen LogP contribution in [0.2, 0.25) is 0 Å². The van der Waals surface area contributed by atoms with Gasteiger partial charge in [-0.25, -0.2) is 0 Å². The number of para-hydroxylation sites is 1. The van der Waals surface area contributed by atoms with Crippen molar-refractivity contribution in [2.45, 2.75) is 32.6 Å². The third-order valence-corrected chi connectivity index (χ3v) is 6.20. The molecule has 0 N–H and O–H groups in total. The second-order valence-electron chi connectivity index (χ2n) is 8.35. The van der Waals surface area contributed by atoms with Crippen molar-refractivity contribution < 1.29 is 19.0 Å². The number of carbonyl (C=O) groups excluding carboxylic acids is 1. The Morgan fingerprint density at radius 3 is 2.68 bits per heavy atom. The molecule has 0 aromatic heterocycles. The van der Waals surface area contributed by atoms with E-state index in [0.29, 0.717) is 28.1 Å². The second kappa shape index (κ2) is 8.97. The van der Waals surface area contributed by atoms with E-state index in [1.54, 1.807) is 12.1 Å². The van der Waals surface area contributed by atoms with E-state index in [1.807, 2.05) is 48.4 Å². The first-order chi connectivity index (χ1) is 16.4. The van der Waals surface area contributed by atoms with Crippen LogP contribution in [0.25, 0.3) is 0 Å². The molecule has 34 heavy (non-hydrogen) atoms. The molecule has 3 aromatic carbocycles. The Morgan fingerprint density at radius 2 is 1.91 bits per heavy atom. The van der Waals surface area contributed by atoms with Gasteiger partial charge in [0.1, 0.15) is 12.4 Å². The van der Waals surface area contributed by atoms with E-state index in [4.69, 9.17) is 9.26 Å². The number of hydrogen-bond donors (Lipinski definition) is 0. The van der Waals surface area contributed by atoms with Gasteiger partial charge < -0.3 is 9.26 Å². The minimum absolute atomic E-state index is 0.0205.